The standard InChI is InChI=1S/C14H18BrNO2/c1-8-6-10-12(9(2)11(8)15)16(5)13(17)14(3,4)7-18-10/h6H,7H2,1-5H3. The van der Waals surface area contributed by atoms with Gasteiger partial charge in [0.25, 0.3) is 0 Å². The fraction of sp³-hybridized carbons (Fsp3) is 0.500. The Hall–Kier alpha value is -1.03. The van der Waals surface area contributed by atoms with Crippen LogP contribution >= 0.6 is 15.9 Å². The molecule has 0 saturated heterocycles. The van der Waals surface area contributed by atoms with Crippen molar-refractivity contribution in [2.24, 2.45) is 5.41 Å². The van der Waals surface area contributed by atoms with E-state index >= 15 is 0 Å². The van der Waals surface area contributed by atoms with Crippen molar-refractivity contribution in [2.45, 2.75) is 27.7 Å². The molecule has 0 aromatic heterocycles. The summed E-state index contributed by atoms with van der Waals surface area (Å²) < 4.78 is 6.87. The SMILES string of the molecule is Cc1cc2c(c(C)c1Br)N(C)C(=O)C(C)(C)CO2. The molecule has 0 radical (unpaired) electrons. The summed E-state index contributed by atoms with van der Waals surface area (Å²) in [5.74, 6) is 0.870. The number of carbonyl (C=O) groups is 1. The highest BCUT2D eigenvalue weighted by Gasteiger charge is 2.37. The summed E-state index contributed by atoms with van der Waals surface area (Å²) in [6, 6.07) is 1.98. The van der Waals surface area contributed by atoms with Crippen molar-refractivity contribution in [1.29, 1.82) is 0 Å². The van der Waals surface area contributed by atoms with Crippen molar-refractivity contribution in [3.63, 3.8) is 0 Å². The second kappa shape index (κ2) is 4.26. The maximum atomic E-state index is 12.4. The van der Waals surface area contributed by atoms with Crippen LogP contribution in [0, 0.1) is 19.3 Å². The van der Waals surface area contributed by atoms with Crippen LogP contribution in [0.4, 0.5) is 5.69 Å². The normalized spacial score (nSPS) is 18.1. The average molecular weight is 312 g/mol. The molecule has 0 spiro atoms. The molecule has 1 amide bonds. The molecule has 4 heteroatoms. The summed E-state index contributed by atoms with van der Waals surface area (Å²) in [7, 11) is 1.81. The third-order valence-corrected chi connectivity index (χ3v) is 4.64. The van der Waals surface area contributed by atoms with Crippen LogP contribution in [0.25, 0.3) is 0 Å². The highest BCUT2D eigenvalue weighted by atomic mass is 79.9. The van der Waals surface area contributed by atoms with E-state index in [0.29, 0.717) is 6.61 Å². The molecule has 0 atom stereocenters. The van der Waals surface area contributed by atoms with Crippen LogP contribution in [0.1, 0.15) is 25.0 Å². The van der Waals surface area contributed by atoms with Crippen molar-refractivity contribution < 1.29 is 9.53 Å². The van der Waals surface area contributed by atoms with Gasteiger partial charge in [-0.3, -0.25) is 4.79 Å². The number of fused-ring (bicyclic) bond motifs is 1. The van der Waals surface area contributed by atoms with Gasteiger partial charge in [-0.2, -0.15) is 0 Å². The van der Waals surface area contributed by atoms with Gasteiger partial charge >= 0.3 is 0 Å². The lowest BCUT2D eigenvalue weighted by molar-refractivity contribution is -0.127. The Labute approximate surface area is 116 Å². The number of rotatable bonds is 0. The van der Waals surface area contributed by atoms with Gasteiger partial charge in [-0.15, -0.1) is 0 Å². The molecule has 0 fully saturated rings. The molecule has 1 aromatic rings. The molecule has 98 valence electrons. The zero-order valence-electron chi connectivity index (χ0n) is 11.4. The van der Waals surface area contributed by atoms with E-state index in [1.54, 1.807) is 4.90 Å². The van der Waals surface area contributed by atoms with E-state index in [-0.39, 0.29) is 5.91 Å². The first kappa shape index (κ1) is 13.4. The fourth-order valence-corrected chi connectivity index (χ4v) is 2.62. The zero-order chi connectivity index (χ0) is 13.7. The van der Waals surface area contributed by atoms with Gasteiger partial charge in [-0.05, 0) is 44.9 Å². The molecule has 1 aliphatic heterocycles. The molecule has 3 nitrogen and oxygen atoms in total. The van der Waals surface area contributed by atoms with Gasteiger partial charge in [0.1, 0.15) is 12.4 Å². The number of halogens is 1. The Bertz CT molecular complexity index is 523. The molecule has 0 N–H and O–H groups in total. The average Bonchev–Trinajstić information content (AvgIpc) is 2.38. The number of nitrogens with zero attached hydrogens (tertiary/aromatic N) is 1. The molecule has 2 rings (SSSR count). The predicted molar refractivity (Wildman–Crippen MR) is 76.3 cm³/mol. The van der Waals surface area contributed by atoms with Crippen LogP contribution in [-0.2, 0) is 4.79 Å². The Morgan fingerprint density at radius 2 is 2.00 bits per heavy atom. The lowest BCUT2D eigenvalue weighted by atomic mass is 9.93. The number of benzene rings is 1. The molecule has 1 heterocycles. The monoisotopic (exact) mass is 311 g/mol. The highest BCUT2D eigenvalue weighted by molar-refractivity contribution is 9.10. The molecule has 0 saturated carbocycles. The van der Waals surface area contributed by atoms with Crippen LogP contribution in [0.15, 0.2) is 10.5 Å². The largest absolute Gasteiger partial charge is 0.490 e. The number of hydrogen-bond donors (Lipinski definition) is 0. The lowest BCUT2D eigenvalue weighted by Crippen LogP contribution is -2.40. The van der Waals surface area contributed by atoms with E-state index in [4.69, 9.17) is 4.74 Å². The highest BCUT2D eigenvalue weighted by Crippen LogP contribution is 2.42. The van der Waals surface area contributed by atoms with Crippen molar-refractivity contribution in [3.05, 3.63) is 21.7 Å². The topological polar surface area (TPSA) is 29.5 Å². The van der Waals surface area contributed by atoms with E-state index in [0.717, 1.165) is 27.0 Å². The predicted octanol–water partition coefficient (Wildman–Crippen LogP) is 3.45. The third kappa shape index (κ3) is 1.92. The number of carbonyl (C=O) groups excluding carboxylic acids is 1. The Morgan fingerprint density at radius 1 is 1.39 bits per heavy atom. The van der Waals surface area contributed by atoms with Crippen molar-refractivity contribution in [2.75, 3.05) is 18.6 Å². The van der Waals surface area contributed by atoms with Crippen LogP contribution in [0.5, 0.6) is 5.75 Å². The number of amides is 1. The minimum absolute atomic E-state index is 0.0834. The quantitative estimate of drug-likeness (QED) is 0.734. The van der Waals surface area contributed by atoms with Crippen LogP contribution in [0.2, 0.25) is 0 Å². The second-order valence-corrected chi connectivity index (χ2v) is 6.31. The van der Waals surface area contributed by atoms with Crippen LogP contribution in [-0.4, -0.2) is 19.6 Å². The van der Waals surface area contributed by atoms with E-state index in [1.165, 1.54) is 0 Å². The summed E-state index contributed by atoms with van der Waals surface area (Å²) in [5.41, 5.74) is 2.52. The molecule has 0 bridgehead atoms. The van der Waals surface area contributed by atoms with E-state index in [1.807, 2.05) is 40.8 Å². The van der Waals surface area contributed by atoms with E-state index in [2.05, 4.69) is 15.9 Å². The lowest BCUT2D eigenvalue weighted by Gasteiger charge is -2.25. The van der Waals surface area contributed by atoms with Gasteiger partial charge in [-0.25, -0.2) is 0 Å². The van der Waals surface area contributed by atoms with Gasteiger partial charge in [0, 0.05) is 11.5 Å². The summed E-state index contributed by atoms with van der Waals surface area (Å²) in [4.78, 5) is 14.1. The number of hydrogen-bond acceptors (Lipinski definition) is 2. The summed E-state index contributed by atoms with van der Waals surface area (Å²) in [6.45, 7) is 8.26. The second-order valence-electron chi connectivity index (χ2n) is 5.52. The van der Waals surface area contributed by atoms with Crippen molar-refractivity contribution in [1.82, 2.24) is 0 Å². The fourth-order valence-electron chi connectivity index (χ4n) is 2.32. The van der Waals surface area contributed by atoms with E-state index in [9.17, 15) is 4.79 Å². The first-order chi connectivity index (χ1) is 8.25. The maximum absolute atomic E-state index is 12.4. The smallest absolute Gasteiger partial charge is 0.235 e. The van der Waals surface area contributed by atoms with Gasteiger partial charge in [-0.1, -0.05) is 15.9 Å². The molecule has 1 aliphatic rings. The van der Waals surface area contributed by atoms with Crippen molar-refractivity contribution >= 4 is 27.5 Å². The Morgan fingerprint density at radius 3 is 2.61 bits per heavy atom. The van der Waals surface area contributed by atoms with Gasteiger partial charge in [0.2, 0.25) is 5.91 Å². The molecule has 1 aromatic carbocycles. The zero-order valence-corrected chi connectivity index (χ0v) is 13.0. The molecule has 18 heavy (non-hydrogen) atoms. The molecule has 0 aliphatic carbocycles. The number of anilines is 1. The first-order valence-electron chi connectivity index (χ1n) is 5.96. The van der Waals surface area contributed by atoms with E-state index < -0.39 is 5.41 Å². The minimum atomic E-state index is -0.499. The maximum Gasteiger partial charge on any atom is 0.235 e. The number of ether oxygens (including phenoxy) is 1. The number of aryl methyl sites for hydroxylation is 1. The molecular formula is C14H18BrNO2. The van der Waals surface area contributed by atoms with Gasteiger partial charge in [0.15, 0.2) is 0 Å². The minimum Gasteiger partial charge on any atom is -0.490 e. The summed E-state index contributed by atoms with van der Waals surface area (Å²) in [6.07, 6.45) is 0. The third-order valence-electron chi connectivity index (χ3n) is 3.42. The van der Waals surface area contributed by atoms with Crippen LogP contribution < -0.4 is 9.64 Å². The van der Waals surface area contributed by atoms with Crippen LogP contribution in [0.3, 0.4) is 0 Å². The van der Waals surface area contributed by atoms with Gasteiger partial charge < -0.3 is 9.64 Å². The van der Waals surface area contributed by atoms with Gasteiger partial charge in [0.05, 0.1) is 11.1 Å². The molecular weight excluding hydrogens is 294 g/mol. The molecule has 0 unspecified atom stereocenters. The summed E-state index contributed by atoms with van der Waals surface area (Å²) in [5, 5.41) is 0. The summed E-state index contributed by atoms with van der Waals surface area (Å²) >= 11 is 3.57. The Balaban J connectivity index is 2.66. The Kier molecular flexibility index (Phi) is 3.18. The first-order valence-corrected chi connectivity index (χ1v) is 6.75. The van der Waals surface area contributed by atoms with Crippen molar-refractivity contribution in [3.8, 4) is 5.75 Å².